The number of hydrogen-bond donors (Lipinski definition) is 0. The minimum atomic E-state index is 0. The van der Waals surface area contributed by atoms with Crippen LogP contribution in [0.25, 0.3) is 33.2 Å². The van der Waals surface area contributed by atoms with E-state index in [-0.39, 0.29) is 26.5 Å². The molecule has 1 nitrogen and oxygen atoms in total. The maximum Gasteiger partial charge on any atom is 0.0272 e. The van der Waals surface area contributed by atoms with Crippen LogP contribution >= 0.6 is 0 Å². The molecule has 32 heavy (non-hydrogen) atoms. The number of aromatic nitrogens is 1. The van der Waals surface area contributed by atoms with E-state index in [0.717, 1.165) is 29.2 Å². The van der Waals surface area contributed by atoms with Gasteiger partial charge in [-0.3, -0.25) is 0 Å². The van der Waals surface area contributed by atoms with Crippen molar-refractivity contribution in [3.05, 3.63) is 84.1 Å². The van der Waals surface area contributed by atoms with Gasteiger partial charge < -0.3 is 4.98 Å². The van der Waals surface area contributed by atoms with Crippen LogP contribution in [0.15, 0.2) is 72.9 Å². The monoisotopic (exact) mass is 584 g/mol. The van der Waals surface area contributed by atoms with Crippen LogP contribution in [0.3, 0.4) is 0 Å². The maximum absolute atomic E-state index is 4.46. The van der Waals surface area contributed by atoms with E-state index in [9.17, 15) is 0 Å². The molecule has 4 bridgehead atoms. The molecule has 0 aliphatic heterocycles. The summed E-state index contributed by atoms with van der Waals surface area (Å²) < 4.78 is 0. The zero-order chi connectivity index (χ0) is 20.2. The number of hydrogen-bond acceptors (Lipinski definition) is 0. The maximum atomic E-state index is 4.46. The van der Waals surface area contributed by atoms with Gasteiger partial charge in [-0.15, -0.1) is 5.52 Å². The molecule has 0 amide bonds. The fraction of sp³-hybridized carbons (Fsp3) is 0.333. The van der Waals surface area contributed by atoms with E-state index < -0.39 is 0 Å². The Labute approximate surface area is 203 Å². The first-order valence-electron chi connectivity index (χ1n) is 12.1. The number of benzene rings is 3. The van der Waals surface area contributed by atoms with Crippen molar-refractivity contribution in [3.8, 4) is 22.3 Å². The Morgan fingerprint density at radius 1 is 0.656 bits per heavy atom. The molecule has 1 heterocycles. The third-order valence-corrected chi connectivity index (χ3v) is 9.38. The normalized spacial score (nSPS) is 31.0. The fourth-order valence-electron chi connectivity index (χ4n) is 8.51. The molecule has 0 N–H and O–H groups in total. The average Bonchev–Trinajstić information content (AvgIpc) is 3.37. The molecular weight excluding hydrogens is 558 g/mol. The molecule has 1 aromatic heterocycles. The third kappa shape index (κ3) is 2.34. The van der Waals surface area contributed by atoms with Crippen molar-refractivity contribution in [3.63, 3.8) is 0 Å². The van der Waals surface area contributed by atoms with Crippen molar-refractivity contribution in [2.45, 2.75) is 37.5 Å². The molecule has 5 aliphatic carbocycles. The molecule has 0 radical (unpaired) electrons. The van der Waals surface area contributed by atoms with E-state index in [0.29, 0.717) is 0 Å². The molecule has 3 aromatic carbocycles. The van der Waals surface area contributed by atoms with Gasteiger partial charge in [0.25, 0.3) is 0 Å². The van der Waals surface area contributed by atoms with Gasteiger partial charge in [0.15, 0.2) is 0 Å². The van der Waals surface area contributed by atoms with Crippen LogP contribution in [0.4, 0.5) is 0 Å². The molecular formula is C30H26NW-. The summed E-state index contributed by atoms with van der Waals surface area (Å²) in [5.74, 6) is 3.62. The Morgan fingerprint density at radius 2 is 1.34 bits per heavy atom. The van der Waals surface area contributed by atoms with Gasteiger partial charge in [-0.05, 0) is 107 Å². The Hall–Kier alpha value is -2.11. The van der Waals surface area contributed by atoms with Gasteiger partial charge in [-0.25, -0.2) is 0 Å². The Kier molecular flexibility index (Phi) is 4.06. The van der Waals surface area contributed by atoms with Crippen LogP contribution in [0, 0.1) is 23.7 Å². The average molecular weight is 584 g/mol. The van der Waals surface area contributed by atoms with E-state index in [4.69, 9.17) is 0 Å². The van der Waals surface area contributed by atoms with Gasteiger partial charge in [-0.1, -0.05) is 54.6 Å². The zero-order valence-corrected chi connectivity index (χ0v) is 21.1. The van der Waals surface area contributed by atoms with Crippen molar-refractivity contribution < 1.29 is 21.1 Å². The summed E-state index contributed by atoms with van der Waals surface area (Å²) in [6.45, 7) is 0. The van der Waals surface area contributed by atoms with Gasteiger partial charge in [0, 0.05) is 26.5 Å². The topological polar surface area (TPSA) is 14.1 Å². The van der Waals surface area contributed by atoms with Crippen LogP contribution in [0.2, 0.25) is 0 Å². The van der Waals surface area contributed by atoms with Crippen molar-refractivity contribution >= 4 is 10.9 Å². The standard InChI is InChI=1S/C30H26N.W/c1-2-4-27-25(3-1)26-7-5-21(20-6-8-29-22(16-20)9-10-31-29)17-28(26)30(27)23-12-18-11-19(14-23)15-24(30)13-18;/h1-10,16-19,23-24H,11-15H2;/q-1;. The SMILES string of the molecule is [W].c1ccc2c(c1)-c1ccc(-c3ccc4[n-]ccc4c3)cc1C21C2CC3CC(C2)CC1C3. The molecule has 2 heteroatoms. The molecule has 1 spiro atoms. The molecule has 4 saturated carbocycles. The second-order valence-electron chi connectivity index (χ2n) is 10.7. The summed E-state index contributed by atoms with van der Waals surface area (Å²) in [6.07, 6.45) is 9.18. The van der Waals surface area contributed by atoms with Gasteiger partial charge >= 0.3 is 0 Å². The van der Waals surface area contributed by atoms with Gasteiger partial charge in [0.1, 0.15) is 0 Å². The Morgan fingerprint density at radius 3 is 2.16 bits per heavy atom. The van der Waals surface area contributed by atoms with E-state index >= 15 is 0 Å². The molecule has 0 unspecified atom stereocenters. The number of nitrogens with zero attached hydrogens (tertiary/aromatic N) is 1. The molecule has 4 aromatic rings. The van der Waals surface area contributed by atoms with Crippen molar-refractivity contribution in [2.24, 2.45) is 23.7 Å². The van der Waals surface area contributed by atoms with E-state index in [1.807, 2.05) is 6.20 Å². The molecule has 158 valence electrons. The van der Waals surface area contributed by atoms with Crippen LogP contribution in [0.5, 0.6) is 0 Å². The fourth-order valence-corrected chi connectivity index (χ4v) is 8.51. The minimum Gasteiger partial charge on any atom is -0.664 e. The van der Waals surface area contributed by atoms with Gasteiger partial charge in [0.2, 0.25) is 0 Å². The molecule has 0 atom stereocenters. The van der Waals surface area contributed by atoms with E-state index in [1.165, 1.54) is 59.7 Å². The number of fused-ring (bicyclic) bond motifs is 4. The third-order valence-electron chi connectivity index (χ3n) is 9.38. The summed E-state index contributed by atoms with van der Waals surface area (Å²) >= 11 is 0. The summed E-state index contributed by atoms with van der Waals surface area (Å²) in [5.41, 5.74) is 10.3. The first kappa shape index (κ1) is 19.4. The quantitative estimate of drug-likeness (QED) is 0.231. The predicted molar refractivity (Wildman–Crippen MR) is 126 cm³/mol. The Bertz CT molecular complexity index is 1330. The zero-order valence-electron chi connectivity index (χ0n) is 18.1. The van der Waals surface area contributed by atoms with E-state index in [1.54, 1.807) is 11.1 Å². The second-order valence-corrected chi connectivity index (χ2v) is 10.7. The van der Waals surface area contributed by atoms with Crippen molar-refractivity contribution in [1.82, 2.24) is 4.98 Å². The summed E-state index contributed by atoms with van der Waals surface area (Å²) in [5, 5.41) is 1.24. The summed E-state index contributed by atoms with van der Waals surface area (Å²) in [7, 11) is 0. The van der Waals surface area contributed by atoms with Gasteiger partial charge in [-0.2, -0.15) is 6.20 Å². The minimum absolute atomic E-state index is 0. The van der Waals surface area contributed by atoms with Crippen LogP contribution in [0.1, 0.15) is 43.2 Å². The van der Waals surface area contributed by atoms with Crippen LogP contribution in [-0.2, 0) is 26.5 Å². The smallest absolute Gasteiger partial charge is 0.0272 e. The first-order chi connectivity index (χ1) is 15.3. The summed E-state index contributed by atoms with van der Waals surface area (Å²) in [6, 6.07) is 25.6. The van der Waals surface area contributed by atoms with Crippen LogP contribution in [-0.4, -0.2) is 0 Å². The predicted octanol–water partition coefficient (Wildman–Crippen LogP) is 7.18. The summed E-state index contributed by atoms with van der Waals surface area (Å²) in [4.78, 5) is 4.46. The first-order valence-corrected chi connectivity index (χ1v) is 12.1. The largest absolute Gasteiger partial charge is 0.664 e. The molecule has 9 rings (SSSR count). The second kappa shape index (κ2) is 6.70. The van der Waals surface area contributed by atoms with Crippen molar-refractivity contribution in [2.75, 3.05) is 0 Å². The van der Waals surface area contributed by atoms with E-state index in [2.05, 4.69) is 71.7 Å². The molecule has 5 aliphatic rings. The molecule has 4 fully saturated rings. The Balaban J connectivity index is 0.00000180. The van der Waals surface area contributed by atoms with Gasteiger partial charge in [0.05, 0.1) is 0 Å². The van der Waals surface area contributed by atoms with Crippen molar-refractivity contribution in [1.29, 1.82) is 0 Å². The van der Waals surface area contributed by atoms with Crippen LogP contribution < -0.4 is 4.98 Å². The number of rotatable bonds is 1. The molecule has 0 saturated heterocycles.